The van der Waals surface area contributed by atoms with Gasteiger partial charge in [0.25, 0.3) is 0 Å². The Morgan fingerprint density at radius 2 is 0.627 bits per heavy atom. The average Bonchev–Trinajstić information content (AvgIpc) is 3.48. The zero-order valence-corrected chi connectivity index (χ0v) is 55.6. The Bertz CT molecular complexity index is 1540. The molecule has 0 aromatic heterocycles. The van der Waals surface area contributed by atoms with Gasteiger partial charge in [0.05, 0.1) is 13.2 Å². The fraction of sp³-hybridized carbons (Fsp3) is 0.836. The Kier molecular flexibility index (Phi) is 66.9. The normalized spacial score (nSPS) is 13.3. The van der Waals surface area contributed by atoms with Crippen molar-refractivity contribution in [2.75, 3.05) is 26.4 Å². The van der Waals surface area contributed by atoms with Crippen molar-refractivity contribution < 1.29 is 37.6 Å². The lowest BCUT2D eigenvalue weighted by Crippen LogP contribution is -2.29. The molecule has 0 fully saturated rings. The van der Waals surface area contributed by atoms with Crippen LogP contribution >= 0.6 is 7.82 Å². The standard InChI is InChI=1S/C73H136NO8P/c1-3-5-7-9-11-13-15-17-19-21-23-25-27-29-31-33-35-37-39-41-43-45-47-49-51-53-55-57-59-61-63-65-72(75)79-69-71(70-81-83(77,78)80-68-67-74)82-73(76)66-64-62-60-58-56-54-52-50-48-46-44-42-40-38-36-34-32-30-28-26-24-22-20-18-16-14-12-10-8-6-4-2/h15-18,21-24,28,30,71H,3-14,19-20,25-27,29,31-70,74H2,1-2H3,(H,77,78)/b17-15-,18-16-,23-21-,24-22-,30-28-. The minimum Gasteiger partial charge on any atom is -0.462 e. The van der Waals surface area contributed by atoms with E-state index >= 15 is 0 Å². The number of rotatable bonds is 68. The second-order valence-corrected chi connectivity index (χ2v) is 25.6. The van der Waals surface area contributed by atoms with Crippen LogP contribution in [0.15, 0.2) is 60.8 Å². The van der Waals surface area contributed by atoms with E-state index in [9.17, 15) is 19.0 Å². The van der Waals surface area contributed by atoms with E-state index in [0.29, 0.717) is 6.42 Å². The van der Waals surface area contributed by atoms with Crippen molar-refractivity contribution in [3.05, 3.63) is 60.8 Å². The molecule has 0 saturated carbocycles. The summed E-state index contributed by atoms with van der Waals surface area (Å²) in [4.78, 5) is 35.4. The fourth-order valence-electron chi connectivity index (χ4n) is 10.6. The lowest BCUT2D eigenvalue weighted by atomic mass is 10.0. The number of allylic oxidation sites excluding steroid dienone is 10. The van der Waals surface area contributed by atoms with Gasteiger partial charge in [-0.15, -0.1) is 0 Å². The van der Waals surface area contributed by atoms with Crippen molar-refractivity contribution in [2.24, 2.45) is 5.73 Å². The summed E-state index contributed by atoms with van der Waals surface area (Å²) in [6.07, 6.45) is 88.9. The Balaban J connectivity index is 3.84. The van der Waals surface area contributed by atoms with Gasteiger partial charge in [0, 0.05) is 19.4 Å². The van der Waals surface area contributed by atoms with E-state index in [1.807, 2.05) is 0 Å². The van der Waals surface area contributed by atoms with Crippen molar-refractivity contribution in [1.82, 2.24) is 0 Å². The van der Waals surface area contributed by atoms with E-state index in [2.05, 4.69) is 74.6 Å². The molecule has 0 aromatic carbocycles. The topological polar surface area (TPSA) is 134 Å². The van der Waals surface area contributed by atoms with Crippen LogP contribution in [0.1, 0.15) is 361 Å². The lowest BCUT2D eigenvalue weighted by molar-refractivity contribution is -0.161. The van der Waals surface area contributed by atoms with Gasteiger partial charge in [-0.3, -0.25) is 18.6 Å². The summed E-state index contributed by atoms with van der Waals surface area (Å²) in [5, 5.41) is 0. The Labute approximate surface area is 514 Å². The van der Waals surface area contributed by atoms with Gasteiger partial charge >= 0.3 is 19.8 Å². The molecule has 486 valence electrons. The molecule has 10 heteroatoms. The number of carbonyl (C=O) groups is 2. The Morgan fingerprint density at radius 3 is 0.928 bits per heavy atom. The molecule has 83 heavy (non-hydrogen) atoms. The largest absolute Gasteiger partial charge is 0.472 e. The monoisotopic (exact) mass is 1190 g/mol. The van der Waals surface area contributed by atoms with Gasteiger partial charge in [-0.2, -0.15) is 0 Å². The molecule has 2 atom stereocenters. The van der Waals surface area contributed by atoms with Crippen molar-refractivity contribution in [2.45, 2.75) is 367 Å². The number of hydrogen-bond acceptors (Lipinski definition) is 8. The highest BCUT2D eigenvalue weighted by Gasteiger charge is 2.26. The highest BCUT2D eigenvalue weighted by atomic mass is 31.2. The molecule has 0 heterocycles. The zero-order valence-electron chi connectivity index (χ0n) is 54.7. The number of unbranched alkanes of at least 4 members (excludes halogenated alkanes) is 45. The molecule has 0 aliphatic carbocycles. The van der Waals surface area contributed by atoms with E-state index in [-0.39, 0.29) is 38.6 Å². The number of esters is 2. The smallest absolute Gasteiger partial charge is 0.462 e. The Hall–Kier alpha value is -2.29. The van der Waals surface area contributed by atoms with Crippen LogP contribution in [0.3, 0.4) is 0 Å². The van der Waals surface area contributed by atoms with Crippen LogP contribution in [-0.2, 0) is 32.7 Å². The zero-order chi connectivity index (χ0) is 60.1. The van der Waals surface area contributed by atoms with Crippen molar-refractivity contribution in [3.8, 4) is 0 Å². The minimum absolute atomic E-state index is 0.0541. The van der Waals surface area contributed by atoms with Gasteiger partial charge in [0.15, 0.2) is 6.10 Å². The molecule has 0 saturated heterocycles. The van der Waals surface area contributed by atoms with E-state index in [0.717, 1.165) is 57.8 Å². The van der Waals surface area contributed by atoms with Crippen molar-refractivity contribution >= 4 is 19.8 Å². The van der Waals surface area contributed by atoms with Gasteiger partial charge in [-0.05, 0) is 83.5 Å². The molecule has 0 radical (unpaired) electrons. The summed E-state index contributed by atoms with van der Waals surface area (Å²) in [5.74, 6) is -0.810. The van der Waals surface area contributed by atoms with Crippen molar-refractivity contribution in [3.63, 3.8) is 0 Å². The van der Waals surface area contributed by atoms with Crippen LogP contribution in [0.25, 0.3) is 0 Å². The van der Waals surface area contributed by atoms with Gasteiger partial charge in [0.1, 0.15) is 6.61 Å². The third-order valence-corrected chi connectivity index (χ3v) is 16.9. The summed E-state index contributed by atoms with van der Waals surface area (Å²) in [6, 6.07) is 0. The Morgan fingerprint density at radius 1 is 0.361 bits per heavy atom. The molecular formula is C73H136NO8P. The first-order valence-electron chi connectivity index (χ1n) is 35.8. The maximum absolute atomic E-state index is 12.8. The molecule has 0 aliphatic heterocycles. The molecule has 0 rings (SSSR count). The lowest BCUT2D eigenvalue weighted by Gasteiger charge is -2.19. The molecule has 2 unspecified atom stereocenters. The van der Waals surface area contributed by atoms with Crippen LogP contribution in [0.4, 0.5) is 0 Å². The van der Waals surface area contributed by atoms with Crippen LogP contribution in [0, 0.1) is 0 Å². The molecular weight excluding hydrogens is 1050 g/mol. The third kappa shape index (κ3) is 68.7. The van der Waals surface area contributed by atoms with E-state index in [1.165, 1.54) is 270 Å². The SMILES string of the molecule is CCCCCCC/C=C\C/C=C\C/C=C\CCCCCCCCCCCCCCCCCCC(=O)OC(COC(=O)CCCCCCCCCCCCCCCCCCCCC/C=C\C/C=C\CCCCCCC)COP(=O)(O)OCCN. The number of ether oxygens (including phenoxy) is 2. The summed E-state index contributed by atoms with van der Waals surface area (Å²) < 4.78 is 33.2. The summed E-state index contributed by atoms with van der Waals surface area (Å²) in [5.41, 5.74) is 5.40. The number of carbonyl (C=O) groups excluding carboxylic acids is 2. The quantitative estimate of drug-likeness (QED) is 0.0264. The molecule has 3 N–H and O–H groups in total. The maximum atomic E-state index is 12.8. The predicted molar refractivity (Wildman–Crippen MR) is 358 cm³/mol. The highest BCUT2D eigenvalue weighted by molar-refractivity contribution is 7.47. The first-order valence-corrected chi connectivity index (χ1v) is 37.3. The second-order valence-electron chi connectivity index (χ2n) is 24.1. The molecule has 0 aliphatic rings. The molecule has 9 nitrogen and oxygen atoms in total. The molecule has 0 aromatic rings. The molecule has 0 spiro atoms. The number of phosphoric ester groups is 1. The van der Waals surface area contributed by atoms with Crippen LogP contribution in [0.2, 0.25) is 0 Å². The average molecular weight is 1190 g/mol. The van der Waals surface area contributed by atoms with Crippen LogP contribution in [-0.4, -0.2) is 49.3 Å². The highest BCUT2D eigenvalue weighted by Crippen LogP contribution is 2.43. The molecule has 0 bridgehead atoms. The third-order valence-electron chi connectivity index (χ3n) is 15.9. The number of nitrogens with two attached hydrogens (primary N) is 1. The summed E-state index contributed by atoms with van der Waals surface area (Å²) >= 11 is 0. The van der Waals surface area contributed by atoms with Gasteiger partial charge in [-0.1, -0.05) is 325 Å². The second kappa shape index (κ2) is 68.8. The van der Waals surface area contributed by atoms with Gasteiger partial charge in [0.2, 0.25) is 0 Å². The first-order chi connectivity index (χ1) is 40.8. The summed E-state index contributed by atoms with van der Waals surface area (Å²) in [6.45, 7) is 3.78. The van der Waals surface area contributed by atoms with Crippen LogP contribution in [0.5, 0.6) is 0 Å². The van der Waals surface area contributed by atoms with E-state index < -0.39 is 26.5 Å². The first kappa shape index (κ1) is 80.7. The maximum Gasteiger partial charge on any atom is 0.472 e. The number of phosphoric acid groups is 1. The fourth-order valence-corrected chi connectivity index (χ4v) is 11.3. The minimum atomic E-state index is -4.39. The predicted octanol–water partition coefficient (Wildman–Crippen LogP) is 23.4. The van der Waals surface area contributed by atoms with Gasteiger partial charge < -0.3 is 20.1 Å². The van der Waals surface area contributed by atoms with Crippen molar-refractivity contribution in [1.29, 1.82) is 0 Å². The van der Waals surface area contributed by atoms with E-state index in [1.54, 1.807) is 0 Å². The summed E-state index contributed by atoms with van der Waals surface area (Å²) in [7, 11) is -4.39. The van der Waals surface area contributed by atoms with Crippen LogP contribution < -0.4 is 5.73 Å². The number of hydrogen-bond donors (Lipinski definition) is 2. The van der Waals surface area contributed by atoms with Gasteiger partial charge in [-0.25, -0.2) is 4.57 Å². The van der Waals surface area contributed by atoms with E-state index in [4.69, 9.17) is 24.3 Å². The molecule has 0 amide bonds.